The minimum atomic E-state index is 0.365. The molecule has 0 N–H and O–H groups in total. The number of piperidine rings is 1. The van der Waals surface area contributed by atoms with Gasteiger partial charge in [0, 0.05) is 38.0 Å². The third-order valence-corrected chi connectivity index (χ3v) is 7.10. The smallest absolute Gasteiger partial charge is 0.132 e. The topological polar surface area (TPSA) is 31.2 Å². The first-order valence-electron chi connectivity index (χ1n) is 11.0. The van der Waals surface area contributed by atoms with Crippen LogP contribution in [0.25, 0.3) is 0 Å². The van der Waals surface area contributed by atoms with Crippen LogP contribution in [0.15, 0.2) is 46.1 Å². The molecule has 0 aromatic heterocycles. The van der Waals surface area contributed by atoms with Crippen LogP contribution >= 0.6 is 11.9 Å². The molecule has 1 aliphatic heterocycles. The van der Waals surface area contributed by atoms with Crippen LogP contribution < -0.4 is 0 Å². The fourth-order valence-corrected chi connectivity index (χ4v) is 4.93. The van der Waals surface area contributed by atoms with Crippen LogP contribution in [0, 0.1) is 5.92 Å². The van der Waals surface area contributed by atoms with E-state index in [1.165, 1.54) is 32.1 Å². The molecule has 2 unspecified atom stereocenters. The van der Waals surface area contributed by atoms with Crippen molar-refractivity contribution in [1.82, 2.24) is 9.21 Å². The van der Waals surface area contributed by atoms with E-state index >= 15 is 0 Å². The predicted molar refractivity (Wildman–Crippen MR) is 131 cm³/mol. The van der Waals surface area contributed by atoms with E-state index in [1.54, 1.807) is 0 Å². The maximum atomic E-state index is 5.31. The summed E-state index contributed by atoms with van der Waals surface area (Å²) in [7, 11) is 2.23. The van der Waals surface area contributed by atoms with Crippen LogP contribution in [0.1, 0.15) is 58.8 Å². The molecule has 0 radical (unpaired) electrons. The van der Waals surface area contributed by atoms with Gasteiger partial charge in [-0.25, -0.2) is 0 Å². The lowest BCUT2D eigenvalue weighted by molar-refractivity contribution is 0.297. The lowest BCUT2D eigenvalue weighted by Gasteiger charge is -2.34. The van der Waals surface area contributed by atoms with Gasteiger partial charge in [-0.2, -0.15) is 0 Å². The van der Waals surface area contributed by atoms with E-state index in [0.717, 1.165) is 48.8 Å². The molecule has 2 atom stereocenters. The molecule has 2 fully saturated rings. The molecule has 1 aliphatic carbocycles. The summed E-state index contributed by atoms with van der Waals surface area (Å²) in [5.74, 6) is 1.84. The second-order valence-corrected chi connectivity index (χ2v) is 9.43. The molecule has 0 bridgehead atoms. The largest absolute Gasteiger partial charge is 0.356 e. The Morgan fingerprint density at radius 1 is 1.17 bits per heavy atom. The summed E-state index contributed by atoms with van der Waals surface area (Å²) in [5.41, 5.74) is 2.16. The van der Waals surface area contributed by atoms with Crippen molar-refractivity contribution in [1.29, 1.82) is 0 Å². The van der Waals surface area contributed by atoms with Crippen molar-refractivity contribution >= 4 is 24.5 Å². The molecule has 1 heterocycles. The highest BCUT2D eigenvalue weighted by molar-refractivity contribution is 7.96. The van der Waals surface area contributed by atoms with Crippen molar-refractivity contribution in [2.75, 3.05) is 26.4 Å². The van der Waals surface area contributed by atoms with Crippen molar-refractivity contribution in [2.24, 2.45) is 15.9 Å². The van der Waals surface area contributed by atoms with Gasteiger partial charge in [0.1, 0.15) is 5.84 Å². The molecule has 0 aromatic rings. The second-order valence-electron chi connectivity index (χ2n) is 8.55. The summed E-state index contributed by atoms with van der Waals surface area (Å²) in [6, 6.07) is 0.896. The van der Waals surface area contributed by atoms with Crippen molar-refractivity contribution in [2.45, 2.75) is 70.9 Å². The van der Waals surface area contributed by atoms with Gasteiger partial charge in [-0.05, 0) is 57.6 Å². The maximum Gasteiger partial charge on any atom is 0.132 e. The molecule has 0 amide bonds. The zero-order valence-electron chi connectivity index (χ0n) is 18.9. The molecule has 5 heteroatoms. The lowest BCUT2D eigenvalue weighted by Crippen LogP contribution is -2.40. The van der Waals surface area contributed by atoms with Crippen molar-refractivity contribution < 1.29 is 0 Å². The van der Waals surface area contributed by atoms with E-state index in [-0.39, 0.29) is 0 Å². The Balaban J connectivity index is 2.35. The maximum absolute atomic E-state index is 5.31. The molecular weight excluding hydrogens is 376 g/mol. The highest BCUT2D eigenvalue weighted by Crippen LogP contribution is 2.28. The minimum absolute atomic E-state index is 0.365. The Labute approximate surface area is 183 Å². The summed E-state index contributed by atoms with van der Waals surface area (Å²) in [4.78, 5) is 11.9. The number of nitrogens with zero attached hydrogens (tertiary/aromatic N) is 4. The van der Waals surface area contributed by atoms with Gasteiger partial charge in [-0.15, -0.1) is 0 Å². The Hall–Kier alpha value is -1.33. The van der Waals surface area contributed by atoms with Gasteiger partial charge in [-0.3, -0.25) is 14.3 Å². The number of allylic oxidation sites excluding steroid dienone is 2. The van der Waals surface area contributed by atoms with E-state index in [4.69, 9.17) is 4.99 Å². The number of aliphatic imine (C=N–C) groups is 2. The Kier molecular flexibility index (Phi) is 10.2. The van der Waals surface area contributed by atoms with Gasteiger partial charge in [-0.1, -0.05) is 56.4 Å². The van der Waals surface area contributed by atoms with Crippen molar-refractivity contribution in [3.05, 3.63) is 36.1 Å². The first-order valence-corrected chi connectivity index (χ1v) is 12.2. The van der Waals surface area contributed by atoms with Crippen LogP contribution in [0.4, 0.5) is 0 Å². The van der Waals surface area contributed by atoms with Crippen LogP contribution in [0.5, 0.6) is 0 Å². The monoisotopic (exact) mass is 416 g/mol. The van der Waals surface area contributed by atoms with Gasteiger partial charge in [0.25, 0.3) is 0 Å². The molecule has 2 aliphatic rings. The first-order chi connectivity index (χ1) is 14.0. The van der Waals surface area contributed by atoms with E-state index in [1.807, 2.05) is 24.2 Å². The Morgan fingerprint density at radius 2 is 1.86 bits per heavy atom. The zero-order valence-corrected chi connectivity index (χ0v) is 19.8. The average molecular weight is 417 g/mol. The van der Waals surface area contributed by atoms with E-state index in [0.29, 0.717) is 12.1 Å². The molecule has 1 saturated heterocycles. The highest BCUT2D eigenvalue weighted by Gasteiger charge is 2.26. The zero-order chi connectivity index (χ0) is 21.2. The summed E-state index contributed by atoms with van der Waals surface area (Å²) in [6.45, 7) is 14.3. The van der Waals surface area contributed by atoms with E-state index in [2.05, 4.69) is 60.7 Å². The molecule has 4 nitrogen and oxygen atoms in total. The quantitative estimate of drug-likeness (QED) is 0.174. The summed E-state index contributed by atoms with van der Waals surface area (Å²) in [6.07, 6.45) is 16.7. The molecule has 29 heavy (non-hydrogen) atoms. The number of amidine groups is 1. The van der Waals surface area contributed by atoms with Crippen LogP contribution in [-0.2, 0) is 0 Å². The summed E-state index contributed by atoms with van der Waals surface area (Å²) < 4.78 is 2.44. The first kappa shape index (κ1) is 23.9. The predicted octanol–water partition coefficient (Wildman–Crippen LogP) is 5.74. The SMILES string of the molecule is C=C/C(C)=C\C(=C\N=C)C(=NC1CCN(SC)CC1)N(C)C1CCCCC(C)C1. The fraction of sp³-hybridized carbons (Fsp3) is 0.667. The van der Waals surface area contributed by atoms with Crippen LogP contribution in [0.2, 0.25) is 0 Å². The number of hydrogen-bond acceptors (Lipinski definition) is 4. The van der Waals surface area contributed by atoms with E-state index < -0.39 is 0 Å². The Bertz CT molecular complexity index is 629. The van der Waals surface area contributed by atoms with Crippen LogP contribution in [0.3, 0.4) is 0 Å². The number of likely N-dealkylation sites (N-methyl/N-ethyl adjacent to an activating group) is 1. The van der Waals surface area contributed by atoms with Crippen molar-refractivity contribution in [3.8, 4) is 0 Å². The molecule has 0 aromatic carbocycles. The molecule has 1 saturated carbocycles. The Morgan fingerprint density at radius 3 is 2.48 bits per heavy atom. The number of rotatable bonds is 7. The van der Waals surface area contributed by atoms with Gasteiger partial charge in [0.2, 0.25) is 0 Å². The molecular formula is C24H40N4S. The van der Waals surface area contributed by atoms with Crippen molar-refractivity contribution in [3.63, 3.8) is 0 Å². The fourth-order valence-electron chi connectivity index (χ4n) is 4.36. The van der Waals surface area contributed by atoms with Gasteiger partial charge in [0.15, 0.2) is 0 Å². The lowest BCUT2D eigenvalue weighted by atomic mass is 9.98. The number of hydrogen-bond donors (Lipinski definition) is 0. The summed E-state index contributed by atoms with van der Waals surface area (Å²) >= 11 is 1.84. The third kappa shape index (κ3) is 7.45. The molecule has 2 rings (SSSR count). The highest BCUT2D eigenvalue weighted by atomic mass is 32.2. The van der Waals surface area contributed by atoms with Gasteiger partial charge >= 0.3 is 0 Å². The third-order valence-electron chi connectivity index (χ3n) is 6.22. The van der Waals surface area contributed by atoms with Crippen LogP contribution in [-0.4, -0.2) is 60.2 Å². The average Bonchev–Trinajstić information content (AvgIpc) is 2.96. The normalized spacial score (nSPS) is 26.1. The second kappa shape index (κ2) is 12.4. The van der Waals surface area contributed by atoms with Gasteiger partial charge in [0.05, 0.1) is 6.04 Å². The summed E-state index contributed by atoms with van der Waals surface area (Å²) in [5, 5.41) is 0. The standard InChI is InChI=1S/C24H40N4S/c1-7-19(2)16-21(18-25-4)24(26-22-12-14-28(29-6)15-13-22)27(5)23-11-9-8-10-20(3)17-23/h7,16,18,20,22-23H,1,4,8-15,17H2,2-3,5-6H3/b19-16-,21-18-,26-24?. The minimum Gasteiger partial charge on any atom is -0.356 e. The molecule has 162 valence electrons. The van der Waals surface area contributed by atoms with Gasteiger partial charge < -0.3 is 4.90 Å². The molecule has 0 spiro atoms. The van der Waals surface area contributed by atoms with E-state index in [9.17, 15) is 0 Å².